The van der Waals surface area contributed by atoms with E-state index in [9.17, 15) is 4.79 Å². The monoisotopic (exact) mass is 321 g/mol. The van der Waals surface area contributed by atoms with Crippen molar-refractivity contribution < 1.29 is 14.3 Å². The third kappa shape index (κ3) is 4.72. The predicted molar refractivity (Wildman–Crippen MR) is 92.5 cm³/mol. The highest BCUT2D eigenvalue weighted by molar-refractivity contribution is 5.86. The third-order valence-electron chi connectivity index (χ3n) is 3.34. The van der Waals surface area contributed by atoms with Crippen LogP contribution in [-0.4, -0.2) is 18.7 Å². The Bertz CT molecular complexity index is 755. The van der Waals surface area contributed by atoms with Crippen LogP contribution >= 0.6 is 0 Å². The second-order valence-corrected chi connectivity index (χ2v) is 5.52. The highest BCUT2D eigenvalue weighted by atomic mass is 16.6. The average Bonchev–Trinajstić information content (AvgIpc) is 2.60. The molecule has 2 aromatic rings. The molecule has 4 nitrogen and oxygen atoms in total. The number of hydrogen-bond acceptors (Lipinski definition) is 4. The van der Waals surface area contributed by atoms with Gasteiger partial charge in [0.15, 0.2) is 0 Å². The van der Waals surface area contributed by atoms with Gasteiger partial charge >= 0.3 is 5.97 Å². The van der Waals surface area contributed by atoms with Gasteiger partial charge in [0, 0.05) is 5.57 Å². The molecule has 0 spiro atoms. The van der Waals surface area contributed by atoms with Gasteiger partial charge in [-0.1, -0.05) is 30.8 Å². The van der Waals surface area contributed by atoms with Crippen molar-refractivity contribution in [1.29, 1.82) is 5.26 Å². The van der Waals surface area contributed by atoms with Crippen LogP contribution in [0.4, 0.5) is 0 Å². The van der Waals surface area contributed by atoms with Crippen molar-refractivity contribution in [3.05, 3.63) is 66.2 Å². The molecule has 0 radical (unpaired) electrons. The van der Waals surface area contributed by atoms with Crippen molar-refractivity contribution in [2.45, 2.75) is 20.0 Å². The Morgan fingerprint density at radius 1 is 1.12 bits per heavy atom. The van der Waals surface area contributed by atoms with E-state index in [0.29, 0.717) is 16.9 Å². The Balaban J connectivity index is 1.95. The Labute approximate surface area is 141 Å². The molecule has 0 heterocycles. The number of carbonyl (C=O) groups excluding carboxylic acids is 1. The van der Waals surface area contributed by atoms with Crippen molar-refractivity contribution in [1.82, 2.24) is 0 Å². The molecule has 1 atom stereocenters. The molecular formula is C20H19NO3. The molecule has 0 unspecified atom stereocenters. The van der Waals surface area contributed by atoms with Gasteiger partial charge in [0.2, 0.25) is 0 Å². The number of nitriles is 1. The molecule has 122 valence electrons. The van der Waals surface area contributed by atoms with Crippen LogP contribution < -0.4 is 4.74 Å². The molecule has 0 N–H and O–H groups in total. The number of hydrogen-bond donors (Lipinski definition) is 0. The predicted octanol–water partition coefficient (Wildman–Crippen LogP) is 4.11. The minimum atomic E-state index is -0.415. The lowest BCUT2D eigenvalue weighted by molar-refractivity contribution is -0.141. The zero-order valence-corrected chi connectivity index (χ0v) is 13.8. The molecule has 0 bridgehead atoms. The SMILES string of the molecule is C=C(C)C(=O)OC[C@@H](C)Oc1ccc(-c2ccc(C#N)cc2)cc1. The largest absolute Gasteiger partial charge is 0.487 e. The minimum absolute atomic E-state index is 0.170. The fraction of sp³-hybridized carbons (Fsp3) is 0.200. The van der Waals surface area contributed by atoms with Crippen molar-refractivity contribution in [3.8, 4) is 22.9 Å². The van der Waals surface area contributed by atoms with Gasteiger partial charge < -0.3 is 9.47 Å². The maximum atomic E-state index is 11.3. The molecule has 0 aromatic heterocycles. The summed E-state index contributed by atoms with van der Waals surface area (Å²) in [6, 6.07) is 17.1. The second kappa shape index (κ2) is 7.98. The van der Waals surface area contributed by atoms with Crippen molar-refractivity contribution in [2.75, 3.05) is 6.61 Å². The second-order valence-electron chi connectivity index (χ2n) is 5.52. The summed E-state index contributed by atoms with van der Waals surface area (Å²) in [5.74, 6) is 0.285. The van der Waals surface area contributed by atoms with Crippen molar-refractivity contribution >= 4 is 5.97 Å². The van der Waals surface area contributed by atoms with Crippen molar-refractivity contribution in [2.24, 2.45) is 0 Å². The van der Waals surface area contributed by atoms with Crippen LogP contribution in [-0.2, 0) is 9.53 Å². The molecule has 4 heteroatoms. The molecular weight excluding hydrogens is 302 g/mol. The van der Waals surface area contributed by atoms with Crippen LogP contribution in [0.5, 0.6) is 5.75 Å². The van der Waals surface area contributed by atoms with E-state index in [1.165, 1.54) is 0 Å². The number of benzene rings is 2. The number of carbonyl (C=O) groups is 1. The highest BCUT2D eigenvalue weighted by Crippen LogP contribution is 2.23. The summed E-state index contributed by atoms with van der Waals surface area (Å²) >= 11 is 0. The summed E-state index contributed by atoms with van der Waals surface area (Å²) in [5.41, 5.74) is 3.07. The standard InChI is InChI=1S/C20H19NO3/c1-14(2)20(22)23-13-15(3)24-19-10-8-18(9-11-19)17-6-4-16(12-21)5-7-17/h4-11,15H,1,13H2,2-3H3/t15-/m1/s1. The van der Waals surface area contributed by atoms with Crippen LogP contribution in [0.3, 0.4) is 0 Å². The molecule has 24 heavy (non-hydrogen) atoms. The van der Waals surface area contributed by atoms with Gasteiger partial charge in [-0.25, -0.2) is 4.79 Å². The molecule has 0 aliphatic rings. The van der Waals surface area contributed by atoms with E-state index in [0.717, 1.165) is 11.1 Å². The first-order valence-corrected chi connectivity index (χ1v) is 7.59. The van der Waals surface area contributed by atoms with Crippen LogP contribution in [0.25, 0.3) is 11.1 Å². The first kappa shape index (κ1) is 17.3. The zero-order valence-electron chi connectivity index (χ0n) is 13.8. The zero-order chi connectivity index (χ0) is 17.5. The van der Waals surface area contributed by atoms with E-state index in [1.54, 1.807) is 19.1 Å². The van der Waals surface area contributed by atoms with Crippen LogP contribution in [0, 0.1) is 11.3 Å². The quantitative estimate of drug-likeness (QED) is 0.593. The smallest absolute Gasteiger partial charge is 0.333 e. The molecule has 0 amide bonds. The Hall–Kier alpha value is -3.06. The van der Waals surface area contributed by atoms with Crippen LogP contribution in [0.2, 0.25) is 0 Å². The summed E-state index contributed by atoms with van der Waals surface area (Å²) < 4.78 is 10.8. The van der Waals surface area contributed by atoms with E-state index in [4.69, 9.17) is 14.7 Å². The van der Waals surface area contributed by atoms with Gasteiger partial charge in [0.1, 0.15) is 18.5 Å². The topological polar surface area (TPSA) is 59.3 Å². The molecule has 0 saturated carbocycles. The maximum absolute atomic E-state index is 11.3. The van der Waals surface area contributed by atoms with Gasteiger partial charge in [-0.3, -0.25) is 0 Å². The van der Waals surface area contributed by atoms with Crippen LogP contribution in [0.15, 0.2) is 60.7 Å². The molecule has 0 saturated heterocycles. The summed E-state index contributed by atoms with van der Waals surface area (Å²) in [6.45, 7) is 7.14. The number of nitrogens with zero attached hydrogens (tertiary/aromatic N) is 1. The molecule has 0 fully saturated rings. The maximum Gasteiger partial charge on any atom is 0.333 e. The number of rotatable bonds is 6. The van der Waals surface area contributed by atoms with Gasteiger partial charge in [-0.05, 0) is 49.2 Å². The first-order chi connectivity index (χ1) is 11.5. The minimum Gasteiger partial charge on any atom is -0.487 e. The molecule has 2 aromatic carbocycles. The van der Waals surface area contributed by atoms with Gasteiger partial charge in [-0.2, -0.15) is 5.26 Å². The highest BCUT2D eigenvalue weighted by Gasteiger charge is 2.09. The normalized spacial score (nSPS) is 11.2. The molecule has 0 aliphatic heterocycles. The Morgan fingerprint density at radius 3 is 2.17 bits per heavy atom. The average molecular weight is 321 g/mol. The van der Waals surface area contributed by atoms with Crippen molar-refractivity contribution in [3.63, 3.8) is 0 Å². The van der Waals surface area contributed by atoms with E-state index >= 15 is 0 Å². The van der Waals surface area contributed by atoms with E-state index in [2.05, 4.69) is 12.6 Å². The molecule has 0 aliphatic carbocycles. The third-order valence-corrected chi connectivity index (χ3v) is 3.34. The lowest BCUT2D eigenvalue weighted by Gasteiger charge is -2.15. The Morgan fingerprint density at radius 2 is 1.67 bits per heavy atom. The number of esters is 1. The number of ether oxygens (including phenoxy) is 2. The molecule has 2 rings (SSSR count). The van der Waals surface area contributed by atoms with Gasteiger partial charge in [-0.15, -0.1) is 0 Å². The lowest BCUT2D eigenvalue weighted by Crippen LogP contribution is -2.21. The van der Waals surface area contributed by atoms with E-state index < -0.39 is 5.97 Å². The van der Waals surface area contributed by atoms with E-state index in [-0.39, 0.29) is 12.7 Å². The summed E-state index contributed by atoms with van der Waals surface area (Å²) in [4.78, 5) is 11.3. The Kier molecular flexibility index (Phi) is 5.75. The summed E-state index contributed by atoms with van der Waals surface area (Å²) in [7, 11) is 0. The summed E-state index contributed by atoms with van der Waals surface area (Å²) in [5, 5.41) is 8.83. The van der Waals surface area contributed by atoms with E-state index in [1.807, 2.05) is 43.3 Å². The van der Waals surface area contributed by atoms with Gasteiger partial charge in [0.05, 0.1) is 11.6 Å². The summed E-state index contributed by atoms with van der Waals surface area (Å²) in [6.07, 6.45) is -0.255. The fourth-order valence-corrected chi connectivity index (χ4v) is 2.05. The van der Waals surface area contributed by atoms with Crippen LogP contribution in [0.1, 0.15) is 19.4 Å². The fourth-order valence-electron chi connectivity index (χ4n) is 2.05. The first-order valence-electron chi connectivity index (χ1n) is 7.59. The van der Waals surface area contributed by atoms with Gasteiger partial charge in [0.25, 0.3) is 0 Å². The lowest BCUT2D eigenvalue weighted by atomic mass is 10.0.